The molecule has 9 heteroatoms. The maximum Gasteiger partial charge on any atom is 0.511 e. The number of esters is 1. The summed E-state index contributed by atoms with van der Waals surface area (Å²) >= 11 is 21.5. The minimum absolute atomic E-state index is 0.769. The van der Waals surface area contributed by atoms with Gasteiger partial charge in [0.2, 0.25) is 15.0 Å². The first-order valence-corrected chi connectivity index (χ1v) is 5.76. The molecule has 0 saturated heterocycles. The summed E-state index contributed by atoms with van der Waals surface area (Å²) in [5.74, 6) is -0.769. The molecule has 0 rings (SSSR count). The van der Waals surface area contributed by atoms with Crippen LogP contribution in [0.1, 0.15) is 13.8 Å². The van der Waals surface area contributed by atoms with E-state index in [0.29, 0.717) is 0 Å². The van der Waals surface area contributed by atoms with Gasteiger partial charge in [0.05, 0.1) is 7.11 Å². The molecule has 0 amide bonds. The lowest BCUT2D eigenvalue weighted by atomic mass is 10.1. The van der Waals surface area contributed by atoms with Crippen molar-refractivity contribution < 1.29 is 23.8 Å². The number of hydrogen-bond acceptors (Lipinski definition) is 5. The van der Waals surface area contributed by atoms with Crippen LogP contribution in [-0.4, -0.2) is 34.2 Å². The molecule has 1 unspecified atom stereocenters. The molecule has 0 aliphatic rings. The van der Waals surface area contributed by atoms with E-state index in [2.05, 4.69) is 14.2 Å². The third-order valence-corrected chi connectivity index (χ3v) is 2.82. The summed E-state index contributed by atoms with van der Waals surface area (Å²) in [4.78, 5) is 22.4. The quantitative estimate of drug-likeness (QED) is 0.589. The van der Waals surface area contributed by atoms with Crippen molar-refractivity contribution >= 4 is 58.5 Å². The molecule has 0 aliphatic heterocycles. The molecule has 0 spiro atoms. The Hall–Kier alpha value is -0.100. The van der Waals surface area contributed by atoms with E-state index in [1.165, 1.54) is 13.8 Å². The Morgan fingerprint density at radius 3 is 2.00 bits per heavy atom. The molecule has 17 heavy (non-hydrogen) atoms. The molecule has 0 saturated carbocycles. The third kappa shape index (κ3) is 5.86. The minimum Gasteiger partial charge on any atom is -0.466 e. The van der Waals surface area contributed by atoms with Crippen LogP contribution < -0.4 is 0 Å². The first-order valence-electron chi connectivity index (χ1n) is 4.19. The Morgan fingerprint density at radius 1 is 1.18 bits per heavy atom. The predicted octanol–water partition coefficient (Wildman–Crippen LogP) is 3.03. The molecular weight excluding hydrogens is 318 g/mol. The molecule has 0 N–H and O–H groups in total. The molecule has 0 aromatic heterocycles. The second-order valence-electron chi connectivity index (χ2n) is 3.33. The Labute approximate surface area is 118 Å². The van der Waals surface area contributed by atoms with Crippen LogP contribution in [0.25, 0.3) is 0 Å². The summed E-state index contributed by atoms with van der Waals surface area (Å²) in [5.41, 5.74) is -3.08. The lowest BCUT2D eigenvalue weighted by Gasteiger charge is -2.23. The van der Waals surface area contributed by atoms with Crippen LogP contribution >= 0.6 is 46.4 Å². The van der Waals surface area contributed by atoms with E-state index in [1.807, 2.05) is 0 Å². The van der Waals surface area contributed by atoms with Crippen molar-refractivity contribution in [2.45, 2.75) is 28.8 Å². The Morgan fingerprint density at radius 2 is 1.65 bits per heavy atom. The van der Waals surface area contributed by atoms with E-state index >= 15 is 0 Å². The van der Waals surface area contributed by atoms with Gasteiger partial charge >= 0.3 is 12.1 Å². The highest BCUT2D eigenvalue weighted by atomic mass is 35.6. The van der Waals surface area contributed by atoms with Gasteiger partial charge in [0, 0.05) is 0 Å². The Balaban J connectivity index is 4.42. The van der Waals surface area contributed by atoms with Gasteiger partial charge in [-0.2, -0.15) is 0 Å². The fourth-order valence-corrected chi connectivity index (χ4v) is 0.878. The minimum atomic E-state index is -2.00. The Kier molecular flexibility index (Phi) is 6.14. The smallest absolute Gasteiger partial charge is 0.466 e. The highest BCUT2D eigenvalue weighted by molar-refractivity contribution is 6.70. The van der Waals surface area contributed by atoms with E-state index in [9.17, 15) is 9.59 Å². The average Bonchev–Trinajstić information content (AvgIpc) is 2.13. The number of ether oxygens (including phenoxy) is 3. The van der Waals surface area contributed by atoms with E-state index in [1.54, 1.807) is 0 Å². The fourth-order valence-electron chi connectivity index (χ4n) is 0.671. The van der Waals surface area contributed by atoms with Crippen LogP contribution in [-0.2, 0) is 19.0 Å². The predicted molar refractivity (Wildman–Crippen MR) is 63.6 cm³/mol. The average molecular weight is 328 g/mol. The van der Waals surface area contributed by atoms with Gasteiger partial charge in [0.1, 0.15) is 0 Å². The van der Waals surface area contributed by atoms with Gasteiger partial charge < -0.3 is 14.2 Å². The molecule has 0 heterocycles. The molecule has 0 aliphatic carbocycles. The normalized spacial score (nSPS) is 13.8. The second-order valence-corrected chi connectivity index (χ2v) is 6.09. The maximum absolute atomic E-state index is 11.2. The van der Waals surface area contributed by atoms with Crippen LogP contribution in [0, 0.1) is 0 Å². The van der Waals surface area contributed by atoms with E-state index in [-0.39, 0.29) is 0 Å². The molecule has 0 fully saturated rings. The van der Waals surface area contributed by atoms with Crippen molar-refractivity contribution in [2.75, 3.05) is 7.11 Å². The summed E-state index contributed by atoms with van der Waals surface area (Å²) in [6.45, 7) is 2.61. The van der Waals surface area contributed by atoms with Crippen molar-refractivity contribution in [1.29, 1.82) is 0 Å². The molecule has 0 radical (unpaired) electrons. The zero-order chi connectivity index (χ0) is 13.9. The van der Waals surface area contributed by atoms with Gasteiger partial charge in [-0.05, 0) is 13.8 Å². The Bertz CT molecular complexity index is 299. The van der Waals surface area contributed by atoms with Crippen LogP contribution in [0.3, 0.4) is 0 Å². The van der Waals surface area contributed by atoms with Crippen molar-refractivity contribution in [3.63, 3.8) is 0 Å². The lowest BCUT2D eigenvalue weighted by molar-refractivity contribution is -0.161. The number of methoxy groups -OCH3 is 1. The maximum atomic E-state index is 11.2. The number of carbonyl (C=O) groups excluding carboxylic acids is 2. The molecule has 1 atom stereocenters. The van der Waals surface area contributed by atoms with E-state index in [4.69, 9.17) is 46.4 Å². The number of rotatable bonds is 3. The number of alkyl halides is 4. The number of halogens is 4. The van der Waals surface area contributed by atoms with Crippen molar-refractivity contribution in [3.8, 4) is 0 Å². The number of hydrogen-bond donors (Lipinski definition) is 0. The summed E-state index contributed by atoms with van der Waals surface area (Å²) in [6.07, 6.45) is -1.26. The number of carbonyl (C=O) groups is 2. The highest BCUT2D eigenvalue weighted by Crippen LogP contribution is 2.34. The van der Waals surface area contributed by atoms with Crippen molar-refractivity contribution in [2.24, 2.45) is 0 Å². The topological polar surface area (TPSA) is 61.8 Å². The van der Waals surface area contributed by atoms with Crippen LogP contribution in [0.15, 0.2) is 0 Å². The highest BCUT2D eigenvalue weighted by Gasteiger charge is 2.38. The van der Waals surface area contributed by atoms with Crippen molar-refractivity contribution in [3.05, 3.63) is 0 Å². The summed E-state index contributed by atoms with van der Waals surface area (Å²) in [5, 5.41) is 0. The fraction of sp³-hybridized carbons (Fsp3) is 0.750. The summed E-state index contributed by atoms with van der Waals surface area (Å²) in [7, 11) is 1.14. The molecular formula is C8H10Cl4O5. The first kappa shape index (κ1) is 16.9. The molecule has 100 valence electrons. The molecule has 0 bridgehead atoms. The van der Waals surface area contributed by atoms with Crippen LogP contribution in [0.4, 0.5) is 4.79 Å². The first-order chi connectivity index (χ1) is 7.50. The standard InChI is InChI=1S/C8H10Cl4O5/c1-7(2,5(13)15-3)17-6(14)16-4(9)8(10,11)12/h4H,1-3H3. The zero-order valence-electron chi connectivity index (χ0n) is 9.13. The van der Waals surface area contributed by atoms with Gasteiger partial charge in [-0.3, -0.25) is 0 Å². The summed E-state index contributed by atoms with van der Waals surface area (Å²) in [6, 6.07) is 0. The van der Waals surface area contributed by atoms with E-state index in [0.717, 1.165) is 7.11 Å². The van der Waals surface area contributed by atoms with Crippen LogP contribution in [0.5, 0.6) is 0 Å². The van der Waals surface area contributed by atoms with Gasteiger partial charge in [-0.25, -0.2) is 9.59 Å². The lowest BCUT2D eigenvalue weighted by Crippen LogP contribution is -2.39. The largest absolute Gasteiger partial charge is 0.511 e. The van der Waals surface area contributed by atoms with Crippen molar-refractivity contribution in [1.82, 2.24) is 0 Å². The molecule has 0 aromatic rings. The van der Waals surface area contributed by atoms with Gasteiger partial charge in [-0.15, -0.1) is 0 Å². The van der Waals surface area contributed by atoms with Crippen LogP contribution in [0.2, 0.25) is 0 Å². The zero-order valence-corrected chi connectivity index (χ0v) is 12.2. The monoisotopic (exact) mass is 326 g/mol. The molecule has 5 nitrogen and oxygen atoms in total. The van der Waals surface area contributed by atoms with Gasteiger partial charge in [-0.1, -0.05) is 46.4 Å². The second kappa shape index (κ2) is 6.18. The summed E-state index contributed by atoms with van der Waals surface area (Å²) < 4.78 is 11.5. The van der Waals surface area contributed by atoms with Gasteiger partial charge in [0.25, 0.3) is 0 Å². The SMILES string of the molecule is COC(=O)C(C)(C)OC(=O)OC(Cl)C(Cl)(Cl)Cl. The molecule has 0 aromatic carbocycles. The van der Waals surface area contributed by atoms with Gasteiger partial charge in [0.15, 0.2) is 0 Å². The third-order valence-electron chi connectivity index (χ3n) is 1.47. The van der Waals surface area contributed by atoms with E-state index < -0.39 is 27.1 Å².